The van der Waals surface area contributed by atoms with Crippen molar-refractivity contribution in [2.24, 2.45) is 4.99 Å². The van der Waals surface area contributed by atoms with Gasteiger partial charge >= 0.3 is 0 Å². The van der Waals surface area contributed by atoms with Crippen molar-refractivity contribution < 1.29 is 4.42 Å². The van der Waals surface area contributed by atoms with Gasteiger partial charge in [-0.15, -0.1) is 23.1 Å². The Balaban J connectivity index is 1.45. The highest BCUT2D eigenvalue weighted by Gasteiger charge is 2.09. The summed E-state index contributed by atoms with van der Waals surface area (Å²) in [7, 11) is 1.77. The van der Waals surface area contributed by atoms with E-state index in [2.05, 4.69) is 51.8 Å². The van der Waals surface area contributed by atoms with E-state index in [-0.39, 0.29) is 0 Å². The Labute approximate surface area is 162 Å². The first kappa shape index (κ1) is 18.5. The van der Waals surface area contributed by atoms with Crippen LogP contribution in [0, 0.1) is 0 Å². The van der Waals surface area contributed by atoms with Gasteiger partial charge in [0, 0.05) is 23.7 Å². The first-order chi connectivity index (χ1) is 12.7. The molecule has 0 aliphatic carbocycles. The maximum atomic E-state index is 5.54. The molecule has 3 aromatic rings. The third-order valence-electron chi connectivity index (χ3n) is 3.58. The second-order valence-corrected chi connectivity index (χ2v) is 8.13. The van der Waals surface area contributed by atoms with Crippen LogP contribution in [0.2, 0.25) is 0 Å². The molecule has 7 heteroatoms. The van der Waals surface area contributed by atoms with Gasteiger partial charge in [0.15, 0.2) is 5.96 Å². The molecule has 136 valence electrons. The zero-order valence-electron chi connectivity index (χ0n) is 14.8. The fourth-order valence-electron chi connectivity index (χ4n) is 2.31. The molecule has 26 heavy (non-hydrogen) atoms. The van der Waals surface area contributed by atoms with Crippen LogP contribution in [0.3, 0.4) is 0 Å². The maximum Gasteiger partial charge on any atom is 0.236 e. The van der Waals surface area contributed by atoms with E-state index >= 15 is 0 Å². The molecular weight excluding hydrogens is 364 g/mol. The zero-order valence-corrected chi connectivity index (χ0v) is 16.4. The number of guanidine groups is 1. The molecule has 1 unspecified atom stereocenters. The van der Waals surface area contributed by atoms with E-state index in [1.165, 1.54) is 4.90 Å². The van der Waals surface area contributed by atoms with Crippen molar-refractivity contribution in [1.82, 2.24) is 15.6 Å². The molecule has 1 aromatic carbocycles. The number of aromatic nitrogens is 1. The fraction of sp³-hybridized carbons (Fsp3) is 0.263. The second kappa shape index (κ2) is 9.45. The highest BCUT2D eigenvalue weighted by Crippen LogP contribution is 2.23. The number of rotatable bonds is 7. The first-order valence-corrected chi connectivity index (χ1v) is 10.1. The maximum absolute atomic E-state index is 5.54. The van der Waals surface area contributed by atoms with Gasteiger partial charge in [-0.2, -0.15) is 0 Å². The number of oxazole rings is 1. The minimum atomic E-state index is 0.424. The van der Waals surface area contributed by atoms with Gasteiger partial charge in [0.1, 0.15) is 6.26 Å². The molecule has 2 heterocycles. The topological polar surface area (TPSA) is 62.5 Å². The lowest BCUT2D eigenvalue weighted by Gasteiger charge is -2.15. The Kier molecular flexibility index (Phi) is 6.74. The van der Waals surface area contributed by atoms with Crippen LogP contribution >= 0.6 is 23.1 Å². The van der Waals surface area contributed by atoms with Crippen LogP contribution in [0.4, 0.5) is 0 Å². The van der Waals surface area contributed by atoms with E-state index < -0.39 is 0 Å². The van der Waals surface area contributed by atoms with Crippen LogP contribution < -0.4 is 10.6 Å². The summed E-state index contributed by atoms with van der Waals surface area (Å²) in [6.07, 6.45) is 1.68. The predicted octanol–water partition coefficient (Wildman–Crippen LogP) is 4.25. The standard InChI is InChI=1S/C19H22N4OS2/c1-14(26-16-7-4-3-5-8-16)11-21-19(20-2)22-12-15-13-24-18(23-15)17-9-6-10-25-17/h3-10,13-14H,11-12H2,1-2H3,(H2,20,21,22). The number of aliphatic imine (C=N–C) groups is 1. The molecule has 0 spiro atoms. The highest BCUT2D eigenvalue weighted by molar-refractivity contribution is 8.00. The summed E-state index contributed by atoms with van der Waals surface area (Å²) in [4.78, 5) is 11.1. The summed E-state index contributed by atoms with van der Waals surface area (Å²) >= 11 is 3.46. The lowest BCUT2D eigenvalue weighted by atomic mass is 10.4. The molecule has 5 nitrogen and oxygen atoms in total. The van der Waals surface area contributed by atoms with Gasteiger partial charge in [-0.3, -0.25) is 4.99 Å². The van der Waals surface area contributed by atoms with Gasteiger partial charge in [0.05, 0.1) is 17.1 Å². The van der Waals surface area contributed by atoms with Crippen LogP contribution in [0.25, 0.3) is 10.8 Å². The van der Waals surface area contributed by atoms with Crippen LogP contribution in [-0.2, 0) is 6.54 Å². The van der Waals surface area contributed by atoms with Crippen molar-refractivity contribution in [3.63, 3.8) is 0 Å². The molecule has 0 radical (unpaired) electrons. The molecule has 0 amide bonds. The normalized spacial score (nSPS) is 12.8. The van der Waals surface area contributed by atoms with Crippen molar-refractivity contribution in [2.45, 2.75) is 23.6 Å². The molecule has 3 rings (SSSR count). The fourth-order valence-corrected chi connectivity index (χ4v) is 3.91. The average Bonchev–Trinajstić information content (AvgIpc) is 3.34. The molecule has 2 aromatic heterocycles. The van der Waals surface area contributed by atoms with Crippen LogP contribution in [0.15, 0.2) is 68.4 Å². The number of benzene rings is 1. The van der Waals surface area contributed by atoms with E-state index in [9.17, 15) is 0 Å². The van der Waals surface area contributed by atoms with Gasteiger partial charge in [-0.05, 0) is 23.6 Å². The molecule has 0 bridgehead atoms. The third kappa shape index (κ3) is 5.37. The zero-order chi connectivity index (χ0) is 18.2. The summed E-state index contributed by atoms with van der Waals surface area (Å²) in [5.74, 6) is 1.42. The SMILES string of the molecule is CN=C(NCc1coc(-c2cccs2)n1)NCC(C)Sc1ccccc1. The summed E-state index contributed by atoms with van der Waals surface area (Å²) in [5.41, 5.74) is 0.850. The predicted molar refractivity (Wildman–Crippen MR) is 110 cm³/mol. The monoisotopic (exact) mass is 386 g/mol. The van der Waals surface area contributed by atoms with Gasteiger partial charge in [-0.1, -0.05) is 31.2 Å². The van der Waals surface area contributed by atoms with Crippen LogP contribution in [0.1, 0.15) is 12.6 Å². The molecule has 0 aliphatic rings. The minimum Gasteiger partial charge on any atom is -0.443 e. The number of thiophene rings is 1. The van der Waals surface area contributed by atoms with E-state index in [4.69, 9.17) is 4.42 Å². The number of hydrogen-bond acceptors (Lipinski definition) is 5. The van der Waals surface area contributed by atoms with Crippen LogP contribution in [-0.4, -0.2) is 29.8 Å². The molecule has 0 fully saturated rings. The summed E-state index contributed by atoms with van der Waals surface area (Å²) in [6, 6.07) is 14.4. The minimum absolute atomic E-state index is 0.424. The number of nitrogens with one attached hydrogen (secondary N) is 2. The smallest absolute Gasteiger partial charge is 0.236 e. The van der Waals surface area contributed by atoms with E-state index in [0.29, 0.717) is 17.7 Å². The van der Waals surface area contributed by atoms with Crippen molar-refractivity contribution in [1.29, 1.82) is 0 Å². The van der Waals surface area contributed by atoms with Gasteiger partial charge in [0.2, 0.25) is 5.89 Å². The van der Waals surface area contributed by atoms with Crippen molar-refractivity contribution in [3.8, 4) is 10.8 Å². The van der Waals surface area contributed by atoms with Crippen molar-refractivity contribution in [2.75, 3.05) is 13.6 Å². The Morgan fingerprint density at radius 1 is 1.23 bits per heavy atom. The van der Waals surface area contributed by atoms with E-state index in [1.807, 2.05) is 35.3 Å². The van der Waals surface area contributed by atoms with Crippen LogP contribution in [0.5, 0.6) is 0 Å². The lowest BCUT2D eigenvalue weighted by molar-refractivity contribution is 0.573. The number of thioether (sulfide) groups is 1. The largest absolute Gasteiger partial charge is 0.443 e. The Bertz CT molecular complexity index is 815. The number of nitrogens with zero attached hydrogens (tertiary/aromatic N) is 2. The summed E-state index contributed by atoms with van der Waals surface area (Å²) in [5, 5.41) is 9.07. The van der Waals surface area contributed by atoms with E-state index in [0.717, 1.165) is 23.1 Å². The quantitative estimate of drug-likeness (QED) is 0.361. The summed E-state index contributed by atoms with van der Waals surface area (Å²) < 4.78 is 5.54. The van der Waals surface area contributed by atoms with Gasteiger partial charge in [-0.25, -0.2) is 4.98 Å². The first-order valence-electron chi connectivity index (χ1n) is 8.39. The molecule has 0 aliphatic heterocycles. The Hall–Kier alpha value is -2.25. The van der Waals surface area contributed by atoms with E-state index in [1.54, 1.807) is 24.6 Å². The van der Waals surface area contributed by atoms with Gasteiger partial charge < -0.3 is 15.1 Å². The molecule has 0 saturated heterocycles. The molecule has 0 saturated carbocycles. The highest BCUT2D eigenvalue weighted by atomic mass is 32.2. The average molecular weight is 387 g/mol. The van der Waals surface area contributed by atoms with Gasteiger partial charge in [0.25, 0.3) is 0 Å². The molecule has 2 N–H and O–H groups in total. The number of hydrogen-bond donors (Lipinski definition) is 2. The third-order valence-corrected chi connectivity index (χ3v) is 5.55. The lowest BCUT2D eigenvalue weighted by Crippen LogP contribution is -2.39. The Morgan fingerprint density at radius 3 is 2.81 bits per heavy atom. The van der Waals surface area contributed by atoms with Crippen molar-refractivity contribution in [3.05, 3.63) is 59.8 Å². The Morgan fingerprint density at radius 2 is 2.08 bits per heavy atom. The molecule has 1 atom stereocenters. The van der Waals surface area contributed by atoms with Crippen molar-refractivity contribution >= 4 is 29.1 Å². The summed E-state index contributed by atoms with van der Waals surface area (Å²) in [6.45, 7) is 3.58. The molecular formula is C19H22N4OS2. The second-order valence-electron chi connectivity index (χ2n) is 5.67.